The maximum absolute atomic E-state index is 11.7. The molecule has 2 aliphatic carbocycles. The first-order valence-corrected chi connectivity index (χ1v) is 8.21. The normalized spacial score (nSPS) is 29.7. The third kappa shape index (κ3) is 2.10. The highest BCUT2D eigenvalue weighted by molar-refractivity contribution is 7.12. The predicted octanol–water partition coefficient (Wildman–Crippen LogP) is 3.34. The molecule has 104 valence electrons. The van der Waals surface area contributed by atoms with E-state index in [0.717, 1.165) is 30.2 Å². The maximum atomic E-state index is 11.7. The Bertz CT molecular complexity index is 478. The van der Waals surface area contributed by atoms with Crippen molar-refractivity contribution in [3.05, 3.63) is 16.1 Å². The lowest BCUT2D eigenvalue weighted by Gasteiger charge is -2.36. The highest BCUT2D eigenvalue weighted by atomic mass is 32.1. The third-order valence-electron chi connectivity index (χ3n) is 5.09. The van der Waals surface area contributed by atoms with Gasteiger partial charge in [-0.2, -0.15) is 0 Å². The molecule has 1 aromatic heterocycles. The van der Waals surface area contributed by atoms with Crippen LogP contribution >= 0.6 is 11.3 Å². The Kier molecular flexibility index (Phi) is 3.37. The standard InChI is InChI=1S/C15H22N2OS/c1-10-5-2-3-6-11(10)12-9-17-14(19-12)15(13(16)18)7-4-8-15/h9-11H,2-8H2,1H3,(H2,16,18)/t10-,11+/m0/s1. The zero-order valence-electron chi connectivity index (χ0n) is 11.5. The molecule has 2 saturated carbocycles. The minimum Gasteiger partial charge on any atom is -0.369 e. The van der Waals surface area contributed by atoms with E-state index >= 15 is 0 Å². The molecule has 1 aromatic rings. The lowest BCUT2D eigenvalue weighted by molar-refractivity contribution is -0.126. The van der Waals surface area contributed by atoms with Crippen molar-refractivity contribution < 1.29 is 4.79 Å². The van der Waals surface area contributed by atoms with Gasteiger partial charge >= 0.3 is 0 Å². The van der Waals surface area contributed by atoms with Crippen LogP contribution in [0, 0.1) is 5.92 Å². The molecule has 2 N–H and O–H groups in total. The van der Waals surface area contributed by atoms with Crippen molar-refractivity contribution in [2.24, 2.45) is 11.7 Å². The summed E-state index contributed by atoms with van der Waals surface area (Å²) >= 11 is 1.74. The largest absolute Gasteiger partial charge is 0.369 e. The molecule has 0 saturated heterocycles. The van der Waals surface area contributed by atoms with Crippen molar-refractivity contribution in [3.63, 3.8) is 0 Å². The lowest BCUT2D eigenvalue weighted by atomic mass is 9.69. The van der Waals surface area contributed by atoms with Crippen LogP contribution in [0.1, 0.15) is 67.7 Å². The fourth-order valence-electron chi connectivity index (χ4n) is 3.51. The number of carbonyl (C=O) groups excluding carboxylic acids is 1. The third-order valence-corrected chi connectivity index (χ3v) is 6.42. The van der Waals surface area contributed by atoms with Crippen LogP contribution in [0.2, 0.25) is 0 Å². The van der Waals surface area contributed by atoms with Crippen molar-refractivity contribution >= 4 is 17.2 Å². The molecule has 19 heavy (non-hydrogen) atoms. The minimum absolute atomic E-state index is 0.184. The van der Waals surface area contributed by atoms with Gasteiger partial charge in [0.2, 0.25) is 5.91 Å². The Balaban J connectivity index is 1.85. The Morgan fingerprint density at radius 2 is 2.11 bits per heavy atom. The van der Waals surface area contributed by atoms with Gasteiger partial charge in [0.15, 0.2) is 0 Å². The van der Waals surface area contributed by atoms with Crippen LogP contribution < -0.4 is 5.73 Å². The number of rotatable bonds is 3. The molecular formula is C15H22N2OS. The van der Waals surface area contributed by atoms with Gasteiger partial charge in [-0.25, -0.2) is 4.98 Å². The molecule has 3 rings (SSSR count). The van der Waals surface area contributed by atoms with Crippen LogP contribution in [0.4, 0.5) is 0 Å². The molecule has 3 nitrogen and oxygen atoms in total. The van der Waals surface area contributed by atoms with E-state index in [4.69, 9.17) is 5.73 Å². The second-order valence-electron chi connectivity index (χ2n) is 6.24. The van der Waals surface area contributed by atoms with Gasteiger partial charge in [-0.15, -0.1) is 11.3 Å². The second-order valence-corrected chi connectivity index (χ2v) is 7.30. The van der Waals surface area contributed by atoms with E-state index in [1.165, 1.54) is 30.6 Å². The van der Waals surface area contributed by atoms with Crippen molar-refractivity contribution in [2.75, 3.05) is 0 Å². The van der Waals surface area contributed by atoms with E-state index in [0.29, 0.717) is 5.92 Å². The lowest BCUT2D eigenvalue weighted by Crippen LogP contribution is -2.46. The monoisotopic (exact) mass is 278 g/mol. The number of hydrogen-bond donors (Lipinski definition) is 1. The van der Waals surface area contributed by atoms with Gasteiger partial charge in [-0.05, 0) is 31.1 Å². The summed E-state index contributed by atoms with van der Waals surface area (Å²) in [5.74, 6) is 1.20. The van der Waals surface area contributed by atoms with Crippen molar-refractivity contribution in [3.8, 4) is 0 Å². The summed E-state index contributed by atoms with van der Waals surface area (Å²) in [6.07, 6.45) is 10.1. The maximum Gasteiger partial charge on any atom is 0.230 e. The summed E-state index contributed by atoms with van der Waals surface area (Å²) < 4.78 is 0. The van der Waals surface area contributed by atoms with Crippen LogP contribution in [0.3, 0.4) is 0 Å². The number of thiazole rings is 1. The molecule has 0 aliphatic heterocycles. The van der Waals surface area contributed by atoms with Gasteiger partial charge in [0, 0.05) is 11.1 Å². The predicted molar refractivity (Wildman–Crippen MR) is 77.2 cm³/mol. The first-order chi connectivity index (χ1) is 9.13. The average molecular weight is 278 g/mol. The summed E-state index contributed by atoms with van der Waals surface area (Å²) in [7, 11) is 0. The van der Waals surface area contributed by atoms with Crippen molar-refractivity contribution in [2.45, 2.75) is 63.2 Å². The molecule has 1 heterocycles. The number of primary amides is 1. The summed E-state index contributed by atoms with van der Waals surface area (Å²) in [5.41, 5.74) is 5.18. The first-order valence-electron chi connectivity index (χ1n) is 7.39. The number of carbonyl (C=O) groups is 1. The second kappa shape index (κ2) is 4.89. The summed E-state index contributed by atoms with van der Waals surface area (Å²) in [6.45, 7) is 2.34. The zero-order chi connectivity index (χ0) is 13.5. The number of nitrogens with zero attached hydrogens (tertiary/aromatic N) is 1. The van der Waals surface area contributed by atoms with E-state index in [1.54, 1.807) is 11.3 Å². The van der Waals surface area contributed by atoms with Crippen LogP contribution in [-0.2, 0) is 10.2 Å². The van der Waals surface area contributed by atoms with E-state index in [-0.39, 0.29) is 5.91 Å². The minimum atomic E-state index is -0.430. The summed E-state index contributed by atoms with van der Waals surface area (Å²) in [6, 6.07) is 0. The van der Waals surface area contributed by atoms with E-state index < -0.39 is 5.41 Å². The fraction of sp³-hybridized carbons (Fsp3) is 0.733. The number of amides is 1. The number of hydrogen-bond acceptors (Lipinski definition) is 3. The average Bonchev–Trinajstić information content (AvgIpc) is 2.77. The SMILES string of the molecule is C[C@H]1CCCC[C@H]1c1cnc(C2(C(N)=O)CCC2)s1. The van der Waals surface area contributed by atoms with Crippen LogP contribution in [0.15, 0.2) is 6.20 Å². The molecule has 4 heteroatoms. The molecule has 0 unspecified atom stereocenters. The molecule has 1 amide bonds. The van der Waals surface area contributed by atoms with Crippen molar-refractivity contribution in [1.29, 1.82) is 0 Å². The Labute approximate surface area is 118 Å². The first kappa shape index (κ1) is 13.1. The summed E-state index contributed by atoms with van der Waals surface area (Å²) in [5, 5.41) is 0.971. The number of nitrogens with two attached hydrogens (primary N) is 1. The molecule has 0 spiro atoms. The highest BCUT2D eigenvalue weighted by Crippen LogP contribution is 2.47. The van der Waals surface area contributed by atoms with Crippen molar-refractivity contribution in [1.82, 2.24) is 4.98 Å². The topological polar surface area (TPSA) is 56.0 Å². The molecule has 2 aliphatic rings. The van der Waals surface area contributed by atoms with Gasteiger partial charge < -0.3 is 5.73 Å². The van der Waals surface area contributed by atoms with Gasteiger partial charge in [0.1, 0.15) is 10.4 Å². The Hall–Kier alpha value is -0.900. The van der Waals surface area contributed by atoms with Crippen LogP contribution in [0.5, 0.6) is 0 Å². The molecule has 0 bridgehead atoms. The fourth-order valence-corrected chi connectivity index (χ4v) is 4.95. The Morgan fingerprint density at radius 1 is 1.37 bits per heavy atom. The molecule has 2 fully saturated rings. The smallest absolute Gasteiger partial charge is 0.230 e. The zero-order valence-corrected chi connectivity index (χ0v) is 12.3. The highest BCUT2D eigenvalue weighted by Gasteiger charge is 2.47. The molecular weight excluding hydrogens is 256 g/mol. The quantitative estimate of drug-likeness (QED) is 0.922. The van der Waals surface area contributed by atoms with E-state index in [1.807, 2.05) is 6.20 Å². The van der Waals surface area contributed by atoms with Crippen LogP contribution in [0.25, 0.3) is 0 Å². The summed E-state index contributed by atoms with van der Waals surface area (Å²) in [4.78, 5) is 17.7. The molecule has 0 radical (unpaired) electrons. The van der Waals surface area contributed by atoms with Crippen LogP contribution in [-0.4, -0.2) is 10.9 Å². The Morgan fingerprint density at radius 3 is 2.68 bits per heavy atom. The number of aromatic nitrogens is 1. The van der Waals surface area contributed by atoms with E-state index in [9.17, 15) is 4.79 Å². The van der Waals surface area contributed by atoms with Gasteiger partial charge in [0.05, 0.1) is 0 Å². The molecule has 0 aromatic carbocycles. The van der Waals surface area contributed by atoms with E-state index in [2.05, 4.69) is 11.9 Å². The van der Waals surface area contributed by atoms with Gasteiger partial charge in [0.25, 0.3) is 0 Å². The molecule has 2 atom stereocenters. The van der Waals surface area contributed by atoms with Gasteiger partial charge in [-0.1, -0.05) is 32.6 Å². The van der Waals surface area contributed by atoms with Gasteiger partial charge in [-0.3, -0.25) is 4.79 Å².